The molecule has 5 rings (SSSR count). The third-order valence-corrected chi connectivity index (χ3v) is 8.74. The number of pyridine rings is 2. The number of halogens is 1. The third-order valence-electron chi connectivity index (χ3n) is 8.22. The molecule has 0 atom stereocenters. The van der Waals surface area contributed by atoms with Gasteiger partial charge in [0.1, 0.15) is 6.61 Å². The zero-order valence-corrected chi connectivity index (χ0v) is 24.1. The second-order valence-electron chi connectivity index (χ2n) is 10.6. The van der Waals surface area contributed by atoms with Crippen LogP contribution in [0, 0.1) is 12.8 Å². The summed E-state index contributed by atoms with van der Waals surface area (Å²) < 4.78 is 1.06. The van der Waals surface area contributed by atoms with E-state index in [2.05, 4.69) is 67.1 Å². The van der Waals surface area contributed by atoms with Crippen LogP contribution < -0.4 is 0 Å². The maximum atomic E-state index is 13.4. The number of fused-ring (bicyclic) bond motifs is 1. The first-order chi connectivity index (χ1) is 18.4. The first kappa shape index (κ1) is 26.8. The Morgan fingerprint density at radius 3 is 2.53 bits per heavy atom. The van der Waals surface area contributed by atoms with Crippen LogP contribution in [0.2, 0.25) is 0 Å². The van der Waals surface area contributed by atoms with E-state index in [1.165, 1.54) is 0 Å². The number of benzene rings is 1. The van der Waals surface area contributed by atoms with Crippen LogP contribution in [0.4, 0.5) is 0 Å². The Labute approximate surface area is 233 Å². The Bertz CT molecular complexity index is 1310. The molecule has 7 nitrogen and oxygen atoms in total. The van der Waals surface area contributed by atoms with Crippen molar-refractivity contribution in [1.82, 2.24) is 19.8 Å². The van der Waals surface area contributed by atoms with Gasteiger partial charge in [0.05, 0.1) is 17.0 Å². The second kappa shape index (κ2) is 11.5. The molecule has 38 heavy (non-hydrogen) atoms. The molecule has 2 fully saturated rings. The minimum Gasteiger partial charge on any atom is -0.396 e. The fraction of sp³-hybridized carbons (Fsp3) is 0.467. The number of rotatable bonds is 6. The fourth-order valence-electron chi connectivity index (χ4n) is 5.80. The highest BCUT2D eigenvalue weighted by Gasteiger charge is 2.39. The lowest BCUT2D eigenvalue weighted by Gasteiger charge is -2.49. The number of hydrogen-bond acceptors (Lipinski definition) is 6. The van der Waals surface area contributed by atoms with Crippen molar-refractivity contribution in [3.63, 3.8) is 0 Å². The average molecular weight is 579 g/mol. The summed E-state index contributed by atoms with van der Waals surface area (Å²) in [5, 5.41) is 5.44. The summed E-state index contributed by atoms with van der Waals surface area (Å²) in [4.78, 5) is 32.5. The molecule has 2 aliphatic rings. The van der Waals surface area contributed by atoms with Gasteiger partial charge in [-0.3, -0.25) is 9.69 Å². The smallest absolute Gasteiger partial charge is 0.255 e. The summed E-state index contributed by atoms with van der Waals surface area (Å²) in [6.45, 7) is 10.4. The number of amides is 1. The molecule has 0 radical (unpaired) electrons. The van der Waals surface area contributed by atoms with Gasteiger partial charge in [-0.25, -0.2) is 9.97 Å². The lowest BCUT2D eigenvalue weighted by Crippen LogP contribution is -2.56. The van der Waals surface area contributed by atoms with Gasteiger partial charge >= 0.3 is 0 Å². The summed E-state index contributed by atoms with van der Waals surface area (Å²) in [6, 6.07) is 14.1. The molecule has 0 aliphatic carbocycles. The molecule has 3 aromatic rings. The molecule has 2 saturated heterocycles. The molecule has 0 bridgehead atoms. The second-order valence-corrected chi connectivity index (χ2v) is 11.5. The number of carbonyl (C=O) groups excluding carboxylic acids is 1. The predicted molar refractivity (Wildman–Crippen MR) is 154 cm³/mol. The number of aromatic nitrogens is 2. The van der Waals surface area contributed by atoms with E-state index in [-0.39, 0.29) is 11.4 Å². The van der Waals surface area contributed by atoms with Gasteiger partial charge in [0, 0.05) is 40.6 Å². The molecular weight excluding hydrogens is 542 g/mol. The fourth-order valence-corrected chi connectivity index (χ4v) is 6.06. The van der Waals surface area contributed by atoms with E-state index < -0.39 is 0 Å². The minimum absolute atomic E-state index is 0.0767. The van der Waals surface area contributed by atoms with E-state index in [9.17, 15) is 4.79 Å². The highest BCUT2D eigenvalue weighted by Crippen LogP contribution is 2.34. The highest BCUT2D eigenvalue weighted by molar-refractivity contribution is 9.10. The maximum Gasteiger partial charge on any atom is 0.255 e. The van der Waals surface area contributed by atoms with Crippen molar-refractivity contribution >= 4 is 38.6 Å². The van der Waals surface area contributed by atoms with Crippen molar-refractivity contribution in [2.45, 2.75) is 52.0 Å². The van der Waals surface area contributed by atoms with E-state index >= 15 is 0 Å². The summed E-state index contributed by atoms with van der Waals surface area (Å²) >= 11 is 3.53. The molecule has 0 saturated carbocycles. The Morgan fingerprint density at radius 1 is 1.13 bits per heavy atom. The Hall–Kier alpha value is -2.84. The zero-order valence-electron chi connectivity index (χ0n) is 22.5. The zero-order chi connectivity index (χ0) is 26.7. The van der Waals surface area contributed by atoms with Crippen molar-refractivity contribution in [2.24, 2.45) is 11.1 Å². The molecule has 8 heteroatoms. The van der Waals surface area contributed by atoms with Crippen LogP contribution in [0.1, 0.15) is 61.1 Å². The number of aryl methyl sites for hydroxylation is 1. The largest absolute Gasteiger partial charge is 0.396 e. The number of piperidine rings is 2. The van der Waals surface area contributed by atoms with E-state index in [0.29, 0.717) is 23.7 Å². The molecule has 0 spiro atoms. The topological polar surface area (TPSA) is 70.9 Å². The van der Waals surface area contributed by atoms with Crippen molar-refractivity contribution < 1.29 is 9.63 Å². The van der Waals surface area contributed by atoms with E-state index in [0.717, 1.165) is 78.7 Å². The summed E-state index contributed by atoms with van der Waals surface area (Å²) in [5.41, 5.74) is 4.39. The van der Waals surface area contributed by atoms with Gasteiger partial charge in [0.2, 0.25) is 0 Å². The van der Waals surface area contributed by atoms with Crippen molar-refractivity contribution in [1.29, 1.82) is 0 Å². The van der Waals surface area contributed by atoms with Crippen LogP contribution in [0.3, 0.4) is 0 Å². The van der Waals surface area contributed by atoms with E-state index in [1.807, 2.05) is 36.9 Å². The van der Waals surface area contributed by atoms with E-state index in [1.54, 1.807) is 6.20 Å². The van der Waals surface area contributed by atoms with Gasteiger partial charge in [-0.05, 0) is 95.4 Å². The number of carbonyl (C=O) groups is 1. The normalized spacial score (nSPS) is 19.1. The molecule has 1 aromatic carbocycles. The van der Waals surface area contributed by atoms with Gasteiger partial charge in [0.15, 0.2) is 5.65 Å². The van der Waals surface area contributed by atoms with E-state index in [4.69, 9.17) is 4.84 Å². The van der Waals surface area contributed by atoms with Gasteiger partial charge in [0.25, 0.3) is 5.91 Å². The van der Waals surface area contributed by atoms with Crippen LogP contribution in [0.5, 0.6) is 0 Å². The Kier molecular flexibility index (Phi) is 8.09. The van der Waals surface area contributed by atoms with Gasteiger partial charge in [-0.1, -0.05) is 33.2 Å². The minimum atomic E-state index is 0.0767. The van der Waals surface area contributed by atoms with Gasteiger partial charge in [-0.2, -0.15) is 0 Å². The molecule has 2 aliphatic heterocycles. The standard InChI is InChI=1S/C30H36BrN5O2/c1-4-38-34-27(22-7-9-25(31)10-8-22)23-11-16-36(17-12-23)30(3)13-18-35(19-14-30)29(37)26-20-24-6-5-15-32-28(24)33-21(26)2/h5-10,15,20,23H,4,11-14,16-19H2,1-3H3/b34-27+. The van der Waals surface area contributed by atoms with Crippen molar-refractivity contribution in [3.05, 3.63) is 70.0 Å². The molecule has 2 aromatic heterocycles. The molecular formula is C30H36BrN5O2. The summed E-state index contributed by atoms with van der Waals surface area (Å²) in [6.07, 6.45) is 5.78. The van der Waals surface area contributed by atoms with Crippen LogP contribution in [-0.2, 0) is 4.84 Å². The van der Waals surface area contributed by atoms with Gasteiger partial charge in [-0.15, -0.1) is 0 Å². The summed E-state index contributed by atoms with van der Waals surface area (Å²) in [7, 11) is 0. The SMILES string of the molecule is CCO/N=C(\c1ccc(Br)cc1)C1CCN(C2(C)CCN(C(=O)c3cc4cccnc4nc3C)CC2)CC1. The van der Waals surface area contributed by atoms with Crippen LogP contribution in [0.15, 0.2) is 58.3 Å². The lowest BCUT2D eigenvalue weighted by molar-refractivity contribution is 0.0161. The number of nitrogens with zero attached hydrogens (tertiary/aromatic N) is 5. The Morgan fingerprint density at radius 2 is 1.84 bits per heavy atom. The number of oxime groups is 1. The van der Waals surface area contributed by atoms with Crippen LogP contribution >= 0.6 is 15.9 Å². The molecule has 0 unspecified atom stereocenters. The Balaban J connectivity index is 1.21. The molecule has 1 amide bonds. The van der Waals surface area contributed by atoms with Gasteiger partial charge < -0.3 is 9.74 Å². The first-order valence-corrected chi connectivity index (χ1v) is 14.4. The lowest BCUT2D eigenvalue weighted by atomic mass is 9.82. The number of hydrogen-bond donors (Lipinski definition) is 0. The van der Waals surface area contributed by atoms with Crippen molar-refractivity contribution in [2.75, 3.05) is 32.8 Å². The predicted octanol–water partition coefficient (Wildman–Crippen LogP) is 5.85. The monoisotopic (exact) mass is 577 g/mol. The van der Waals surface area contributed by atoms with Crippen molar-refractivity contribution in [3.8, 4) is 0 Å². The maximum absolute atomic E-state index is 13.4. The van der Waals surface area contributed by atoms with Crippen LogP contribution in [0.25, 0.3) is 11.0 Å². The van der Waals surface area contributed by atoms with Crippen LogP contribution in [-0.4, -0.2) is 69.7 Å². The molecule has 4 heterocycles. The first-order valence-electron chi connectivity index (χ1n) is 13.6. The average Bonchev–Trinajstić information content (AvgIpc) is 2.94. The quantitative estimate of drug-likeness (QED) is 0.271. The third kappa shape index (κ3) is 5.61. The molecule has 200 valence electrons. The number of likely N-dealkylation sites (tertiary alicyclic amines) is 2. The molecule has 0 N–H and O–H groups in total. The highest BCUT2D eigenvalue weighted by atomic mass is 79.9. The summed E-state index contributed by atoms with van der Waals surface area (Å²) in [5.74, 6) is 0.454.